The Labute approximate surface area is 129 Å². The minimum absolute atomic E-state index is 0.0909. The van der Waals surface area contributed by atoms with Gasteiger partial charge in [-0.05, 0) is 36.8 Å². The van der Waals surface area contributed by atoms with Gasteiger partial charge in [0.15, 0.2) is 11.6 Å². The average molecular weight is 331 g/mol. The SMILES string of the molecule is CC(NC(=O)c1cc(Cl)nc(Cl)c1)c1ccc(F)c(F)c1. The van der Waals surface area contributed by atoms with Gasteiger partial charge in [-0.3, -0.25) is 4.79 Å². The van der Waals surface area contributed by atoms with E-state index in [1.54, 1.807) is 6.92 Å². The molecule has 110 valence electrons. The summed E-state index contributed by atoms with van der Waals surface area (Å²) in [7, 11) is 0. The summed E-state index contributed by atoms with van der Waals surface area (Å²) in [5, 5.41) is 2.82. The third-order valence-electron chi connectivity index (χ3n) is 2.82. The molecule has 1 aromatic carbocycles. The first-order valence-electron chi connectivity index (χ1n) is 5.95. The number of aromatic nitrogens is 1. The van der Waals surface area contributed by atoms with Crippen LogP contribution in [0.25, 0.3) is 0 Å². The number of pyridine rings is 1. The Bertz CT molecular complexity index is 674. The van der Waals surface area contributed by atoms with E-state index in [-0.39, 0.29) is 15.9 Å². The molecule has 1 unspecified atom stereocenters. The molecule has 0 saturated carbocycles. The Balaban J connectivity index is 2.16. The van der Waals surface area contributed by atoms with Gasteiger partial charge in [-0.25, -0.2) is 13.8 Å². The molecule has 1 amide bonds. The van der Waals surface area contributed by atoms with Crippen molar-refractivity contribution in [2.75, 3.05) is 0 Å². The number of halogens is 4. The van der Waals surface area contributed by atoms with Crippen LogP contribution in [0.1, 0.15) is 28.9 Å². The number of hydrogen-bond acceptors (Lipinski definition) is 2. The number of nitrogens with one attached hydrogen (secondary N) is 1. The van der Waals surface area contributed by atoms with Crippen molar-refractivity contribution in [3.05, 3.63) is 63.4 Å². The zero-order chi connectivity index (χ0) is 15.6. The first-order chi connectivity index (χ1) is 9.86. The highest BCUT2D eigenvalue weighted by Crippen LogP contribution is 2.18. The number of hydrogen-bond donors (Lipinski definition) is 1. The van der Waals surface area contributed by atoms with Gasteiger partial charge in [-0.2, -0.15) is 0 Å². The maximum Gasteiger partial charge on any atom is 0.251 e. The predicted octanol–water partition coefficient (Wildman–Crippen LogP) is 4.16. The van der Waals surface area contributed by atoms with Gasteiger partial charge in [0, 0.05) is 5.56 Å². The molecule has 1 N–H and O–H groups in total. The molecule has 1 aromatic heterocycles. The number of benzene rings is 1. The Kier molecular flexibility index (Phi) is 4.75. The average Bonchev–Trinajstić information content (AvgIpc) is 2.40. The van der Waals surface area contributed by atoms with Gasteiger partial charge in [-0.15, -0.1) is 0 Å². The Morgan fingerprint density at radius 3 is 2.33 bits per heavy atom. The molecular weight excluding hydrogens is 321 g/mol. The topological polar surface area (TPSA) is 42.0 Å². The molecule has 2 aromatic rings. The molecule has 2 rings (SSSR count). The Hall–Kier alpha value is -1.72. The van der Waals surface area contributed by atoms with E-state index >= 15 is 0 Å². The summed E-state index contributed by atoms with van der Waals surface area (Å²) < 4.78 is 26.1. The van der Waals surface area contributed by atoms with E-state index in [0.29, 0.717) is 5.56 Å². The molecule has 1 atom stereocenters. The zero-order valence-corrected chi connectivity index (χ0v) is 12.3. The van der Waals surface area contributed by atoms with Gasteiger partial charge < -0.3 is 5.32 Å². The molecule has 0 saturated heterocycles. The summed E-state index contributed by atoms with van der Waals surface area (Å²) in [6, 6.07) is 5.65. The lowest BCUT2D eigenvalue weighted by Gasteiger charge is -2.14. The molecule has 7 heteroatoms. The molecule has 0 radical (unpaired) electrons. The summed E-state index contributed by atoms with van der Waals surface area (Å²) in [6.45, 7) is 1.65. The second-order valence-electron chi connectivity index (χ2n) is 4.37. The highest BCUT2D eigenvalue weighted by molar-refractivity contribution is 6.33. The maximum absolute atomic E-state index is 13.2. The monoisotopic (exact) mass is 330 g/mol. The first-order valence-corrected chi connectivity index (χ1v) is 6.71. The summed E-state index contributed by atoms with van der Waals surface area (Å²) in [5.74, 6) is -2.35. The highest BCUT2D eigenvalue weighted by atomic mass is 35.5. The van der Waals surface area contributed by atoms with Crippen molar-refractivity contribution in [3.63, 3.8) is 0 Å². The molecular formula is C14H10Cl2F2N2O. The second kappa shape index (κ2) is 6.37. The molecule has 3 nitrogen and oxygen atoms in total. The van der Waals surface area contributed by atoms with Gasteiger partial charge >= 0.3 is 0 Å². The molecule has 0 aliphatic rings. The van der Waals surface area contributed by atoms with Crippen molar-refractivity contribution in [2.45, 2.75) is 13.0 Å². The summed E-state index contributed by atoms with van der Waals surface area (Å²) in [6.07, 6.45) is 0. The molecule has 0 bridgehead atoms. The smallest absolute Gasteiger partial charge is 0.251 e. The van der Waals surface area contributed by atoms with Gasteiger partial charge in [0.25, 0.3) is 5.91 Å². The normalized spacial score (nSPS) is 12.0. The van der Waals surface area contributed by atoms with Crippen molar-refractivity contribution < 1.29 is 13.6 Å². The van der Waals surface area contributed by atoms with Crippen LogP contribution in [0.4, 0.5) is 8.78 Å². The third kappa shape index (κ3) is 3.89. The van der Waals surface area contributed by atoms with Gasteiger partial charge in [0.1, 0.15) is 10.3 Å². The predicted molar refractivity (Wildman–Crippen MR) is 76.5 cm³/mol. The van der Waals surface area contributed by atoms with E-state index in [2.05, 4.69) is 10.3 Å². The van der Waals surface area contributed by atoms with E-state index in [0.717, 1.165) is 12.1 Å². The van der Waals surface area contributed by atoms with Crippen LogP contribution in [0, 0.1) is 11.6 Å². The minimum Gasteiger partial charge on any atom is -0.346 e. The lowest BCUT2D eigenvalue weighted by molar-refractivity contribution is 0.0939. The van der Waals surface area contributed by atoms with Gasteiger partial charge in [0.05, 0.1) is 6.04 Å². The summed E-state index contributed by atoms with van der Waals surface area (Å²) in [5.41, 5.74) is 0.669. The fourth-order valence-corrected chi connectivity index (χ4v) is 2.20. The van der Waals surface area contributed by atoms with Crippen molar-refractivity contribution in [1.29, 1.82) is 0 Å². The maximum atomic E-state index is 13.2. The van der Waals surface area contributed by atoms with Crippen LogP contribution in [0.2, 0.25) is 10.3 Å². The van der Waals surface area contributed by atoms with Crippen LogP contribution in [0.15, 0.2) is 30.3 Å². The fraction of sp³-hybridized carbons (Fsp3) is 0.143. The summed E-state index contributed by atoms with van der Waals surface area (Å²) in [4.78, 5) is 15.8. The van der Waals surface area contributed by atoms with E-state index in [1.165, 1.54) is 18.2 Å². The van der Waals surface area contributed by atoms with Crippen molar-refractivity contribution in [2.24, 2.45) is 0 Å². The van der Waals surface area contributed by atoms with E-state index in [9.17, 15) is 13.6 Å². The number of rotatable bonds is 3. The molecule has 0 spiro atoms. The quantitative estimate of drug-likeness (QED) is 0.858. The van der Waals surface area contributed by atoms with Crippen LogP contribution >= 0.6 is 23.2 Å². The van der Waals surface area contributed by atoms with Crippen LogP contribution in [-0.2, 0) is 0 Å². The Morgan fingerprint density at radius 1 is 1.14 bits per heavy atom. The molecule has 1 heterocycles. The number of carbonyl (C=O) groups is 1. The van der Waals surface area contributed by atoms with Crippen molar-refractivity contribution >= 4 is 29.1 Å². The minimum atomic E-state index is -0.969. The van der Waals surface area contributed by atoms with E-state index in [4.69, 9.17) is 23.2 Å². The zero-order valence-electron chi connectivity index (χ0n) is 10.8. The van der Waals surface area contributed by atoms with Crippen LogP contribution in [0.3, 0.4) is 0 Å². The number of carbonyl (C=O) groups excluding carboxylic acids is 1. The van der Waals surface area contributed by atoms with Gasteiger partial charge in [-0.1, -0.05) is 29.3 Å². The largest absolute Gasteiger partial charge is 0.346 e. The summed E-state index contributed by atoms with van der Waals surface area (Å²) >= 11 is 11.4. The van der Waals surface area contributed by atoms with Crippen LogP contribution < -0.4 is 5.32 Å². The molecule has 0 fully saturated rings. The van der Waals surface area contributed by atoms with Gasteiger partial charge in [0.2, 0.25) is 0 Å². The van der Waals surface area contributed by atoms with E-state index < -0.39 is 23.6 Å². The lowest BCUT2D eigenvalue weighted by Crippen LogP contribution is -2.26. The first kappa shape index (κ1) is 15.7. The number of nitrogens with zero attached hydrogens (tertiary/aromatic N) is 1. The van der Waals surface area contributed by atoms with E-state index in [1.807, 2.05) is 0 Å². The highest BCUT2D eigenvalue weighted by Gasteiger charge is 2.14. The molecule has 0 aliphatic carbocycles. The fourth-order valence-electron chi connectivity index (χ4n) is 1.74. The van der Waals surface area contributed by atoms with Crippen molar-refractivity contribution in [3.8, 4) is 0 Å². The lowest BCUT2D eigenvalue weighted by atomic mass is 10.1. The van der Waals surface area contributed by atoms with Crippen LogP contribution in [-0.4, -0.2) is 10.9 Å². The molecule has 0 aliphatic heterocycles. The second-order valence-corrected chi connectivity index (χ2v) is 5.14. The van der Waals surface area contributed by atoms with Crippen LogP contribution in [0.5, 0.6) is 0 Å². The standard InChI is InChI=1S/C14H10Cl2F2N2O/c1-7(8-2-3-10(17)11(18)4-8)19-14(21)9-5-12(15)20-13(16)6-9/h2-7H,1H3,(H,19,21). The van der Waals surface area contributed by atoms with Crippen molar-refractivity contribution in [1.82, 2.24) is 10.3 Å². The third-order valence-corrected chi connectivity index (χ3v) is 3.20. The molecule has 21 heavy (non-hydrogen) atoms. The Morgan fingerprint density at radius 2 is 1.76 bits per heavy atom. The number of amides is 1.